The molecule has 1 fully saturated rings. The van der Waals surface area contributed by atoms with Gasteiger partial charge in [0.1, 0.15) is 5.82 Å². The van der Waals surface area contributed by atoms with Crippen LogP contribution in [0.2, 0.25) is 5.02 Å². The molecule has 1 aromatic carbocycles. The molecule has 2 aliphatic rings. The van der Waals surface area contributed by atoms with Crippen LogP contribution in [0.4, 0.5) is 0 Å². The first-order valence-electron chi connectivity index (χ1n) is 9.14. The van der Waals surface area contributed by atoms with E-state index in [9.17, 15) is 4.79 Å². The summed E-state index contributed by atoms with van der Waals surface area (Å²) in [4.78, 5) is 19.1. The van der Waals surface area contributed by atoms with Crippen molar-refractivity contribution >= 4 is 23.1 Å². The third-order valence-corrected chi connectivity index (χ3v) is 5.45. The number of benzene rings is 1. The van der Waals surface area contributed by atoms with Crippen LogP contribution >= 0.6 is 11.6 Å². The van der Waals surface area contributed by atoms with E-state index in [2.05, 4.69) is 29.1 Å². The number of carbonyl (C=O) groups is 1. The molecule has 5 nitrogen and oxygen atoms in total. The Bertz CT molecular complexity index is 882. The van der Waals surface area contributed by atoms with Crippen molar-refractivity contribution in [2.24, 2.45) is 7.05 Å². The predicted molar refractivity (Wildman–Crippen MR) is 102 cm³/mol. The molecule has 1 aliphatic carbocycles. The van der Waals surface area contributed by atoms with Gasteiger partial charge >= 0.3 is 0 Å². The third kappa shape index (κ3) is 3.54. The van der Waals surface area contributed by atoms with Crippen molar-refractivity contribution in [3.8, 4) is 0 Å². The highest BCUT2D eigenvalue weighted by atomic mass is 35.5. The summed E-state index contributed by atoms with van der Waals surface area (Å²) in [5, 5.41) is 5.21. The van der Waals surface area contributed by atoms with Gasteiger partial charge in [0.25, 0.3) is 0 Å². The molecule has 26 heavy (non-hydrogen) atoms. The van der Waals surface area contributed by atoms with Gasteiger partial charge in [0.15, 0.2) is 5.82 Å². The van der Waals surface area contributed by atoms with Crippen LogP contribution in [-0.2, 0) is 18.3 Å². The van der Waals surface area contributed by atoms with E-state index in [0.717, 1.165) is 29.6 Å². The first-order chi connectivity index (χ1) is 12.5. The molecule has 0 unspecified atom stereocenters. The quantitative estimate of drug-likeness (QED) is 0.827. The molecule has 0 atom stereocenters. The molecule has 0 saturated heterocycles. The molecule has 0 N–H and O–H groups in total. The van der Waals surface area contributed by atoms with Crippen LogP contribution in [0.1, 0.15) is 48.0 Å². The Morgan fingerprint density at radius 2 is 2.15 bits per heavy atom. The molecule has 0 bridgehead atoms. The van der Waals surface area contributed by atoms with E-state index in [1.54, 1.807) is 4.68 Å². The number of aromatic nitrogens is 3. The monoisotopic (exact) mass is 370 g/mol. The first-order valence-corrected chi connectivity index (χ1v) is 9.52. The summed E-state index contributed by atoms with van der Waals surface area (Å²) in [5.74, 6) is 2.29. The predicted octanol–water partition coefficient (Wildman–Crippen LogP) is 3.51. The zero-order chi connectivity index (χ0) is 18.3. The third-order valence-electron chi connectivity index (χ3n) is 5.22. The Kier molecular flexibility index (Phi) is 4.57. The lowest BCUT2D eigenvalue weighted by molar-refractivity contribution is -0.130. The normalized spacial score (nSPS) is 17.3. The van der Waals surface area contributed by atoms with Crippen molar-refractivity contribution in [3.05, 3.63) is 52.1 Å². The number of nitrogens with zero attached hydrogens (tertiary/aromatic N) is 4. The van der Waals surface area contributed by atoms with Crippen LogP contribution in [0.15, 0.2) is 24.3 Å². The molecule has 0 radical (unpaired) electrons. The lowest BCUT2D eigenvalue weighted by Crippen LogP contribution is -2.36. The molecular formula is C20H23ClN4O. The molecule has 2 aromatic rings. The highest BCUT2D eigenvalue weighted by molar-refractivity contribution is 6.30. The minimum Gasteiger partial charge on any atom is -0.338 e. The van der Waals surface area contributed by atoms with Crippen molar-refractivity contribution < 1.29 is 4.79 Å². The summed E-state index contributed by atoms with van der Waals surface area (Å²) in [6.07, 6.45) is 5.67. The van der Waals surface area contributed by atoms with Crippen molar-refractivity contribution in [1.29, 1.82) is 0 Å². The fourth-order valence-corrected chi connectivity index (χ4v) is 3.71. The van der Waals surface area contributed by atoms with Crippen LogP contribution in [-0.4, -0.2) is 38.7 Å². The van der Waals surface area contributed by atoms with E-state index in [-0.39, 0.29) is 5.91 Å². The number of amides is 1. The SMILES string of the molecule is Cc1cc(Cl)ccc1C1=CCN(C(=O)Cc2nc(C3CC3)nn2C)CC1. The van der Waals surface area contributed by atoms with Crippen LogP contribution in [0.3, 0.4) is 0 Å². The number of halogens is 1. The van der Waals surface area contributed by atoms with Gasteiger partial charge in [-0.2, -0.15) is 5.10 Å². The fraction of sp³-hybridized carbons (Fsp3) is 0.450. The molecule has 1 saturated carbocycles. The molecule has 1 aromatic heterocycles. The topological polar surface area (TPSA) is 51.0 Å². The highest BCUT2D eigenvalue weighted by Crippen LogP contribution is 2.38. The second-order valence-corrected chi connectivity index (χ2v) is 7.68. The summed E-state index contributed by atoms with van der Waals surface area (Å²) >= 11 is 6.05. The van der Waals surface area contributed by atoms with Crippen molar-refractivity contribution in [2.75, 3.05) is 13.1 Å². The van der Waals surface area contributed by atoms with Crippen molar-refractivity contribution in [3.63, 3.8) is 0 Å². The van der Waals surface area contributed by atoms with Crippen molar-refractivity contribution in [1.82, 2.24) is 19.7 Å². The van der Waals surface area contributed by atoms with Crippen LogP contribution in [0.25, 0.3) is 5.57 Å². The average molecular weight is 371 g/mol. The number of rotatable bonds is 4. The van der Waals surface area contributed by atoms with E-state index in [1.165, 1.54) is 29.5 Å². The Morgan fingerprint density at radius 1 is 1.35 bits per heavy atom. The number of aryl methyl sites for hydroxylation is 2. The van der Waals surface area contributed by atoms with Gasteiger partial charge in [0, 0.05) is 31.1 Å². The average Bonchev–Trinajstić information content (AvgIpc) is 3.40. The smallest absolute Gasteiger partial charge is 0.230 e. The van der Waals surface area contributed by atoms with Gasteiger partial charge in [0.2, 0.25) is 5.91 Å². The molecule has 1 amide bonds. The van der Waals surface area contributed by atoms with Gasteiger partial charge in [-0.3, -0.25) is 9.48 Å². The Hall–Kier alpha value is -2.14. The maximum absolute atomic E-state index is 12.7. The Labute approximate surface area is 158 Å². The maximum Gasteiger partial charge on any atom is 0.230 e. The van der Waals surface area contributed by atoms with E-state index in [0.29, 0.717) is 18.9 Å². The van der Waals surface area contributed by atoms with E-state index >= 15 is 0 Å². The lowest BCUT2D eigenvalue weighted by atomic mass is 9.95. The standard InChI is InChI=1S/C20H23ClN4O/c1-13-11-16(21)5-6-17(13)14-7-9-25(10-8-14)19(26)12-18-22-20(15-3-4-15)23-24(18)2/h5-7,11,15H,3-4,8-10,12H2,1-2H3. The summed E-state index contributed by atoms with van der Waals surface area (Å²) in [5.41, 5.74) is 3.69. The molecule has 136 valence electrons. The molecule has 4 rings (SSSR count). The fourth-order valence-electron chi connectivity index (χ4n) is 3.48. The molecular weight excluding hydrogens is 348 g/mol. The number of hydrogen-bond donors (Lipinski definition) is 0. The molecule has 1 aliphatic heterocycles. The first kappa shape index (κ1) is 17.3. The summed E-state index contributed by atoms with van der Waals surface area (Å²) in [7, 11) is 1.87. The van der Waals surface area contributed by atoms with Crippen LogP contribution < -0.4 is 0 Å². The summed E-state index contributed by atoms with van der Waals surface area (Å²) in [6, 6.07) is 5.98. The molecule has 0 spiro atoms. The minimum atomic E-state index is 0.117. The zero-order valence-corrected chi connectivity index (χ0v) is 16.0. The maximum atomic E-state index is 12.7. The molecule has 2 heterocycles. The molecule has 6 heteroatoms. The van der Waals surface area contributed by atoms with E-state index in [4.69, 9.17) is 11.6 Å². The van der Waals surface area contributed by atoms with Gasteiger partial charge in [-0.1, -0.05) is 23.7 Å². The largest absolute Gasteiger partial charge is 0.338 e. The lowest BCUT2D eigenvalue weighted by Gasteiger charge is -2.27. The summed E-state index contributed by atoms with van der Waals surface area (Å²) < 4.78 is 1.76. The van der Waals surface area contributed by atoms with E-state index < -0.39 is 0 Å². The number of hydrogen-bond acceptors (Lipinski definition) is 3. The Morgan fingerprint density at radius 3 is 2.81 bits per heavy atom. The van der Waals surface area contributed by atoms with Gasteiger partial charge in [-0.25, -0.2) is 4.98 Å². The highest BCUT2D eigenvalue weighted by Gasteiger charge is 2.29. The Balaban J connectivity index is 1.42. The van der Waals surface area contributed by atoms with E-state index in [1.807, 2.05) is 24.1 Å². The zero-order valence-electron chi connectivity index (χ0n) is 15.2. The second-order valence-electron chi connectivity index (χ2n) is 7.24. The van der Waals surface area contributed by atoms with Gasteiger partial charge in [0.05, 0.1) is 6.42 Å². The van der Waals surface area contributed by atoms with Crippen LogP contribution in [0, 0.1) is 6.92 Å². The number of carbonyl (C=O) groups excluding carboxylic acids is 1. The van der Waals surface area contributed by atoms with Gasteiger partial charge < -0.3 is 4.90 Å². The second kappa shape index (κ2) is 6.88. The van der Waals surface area contributed by atoms with Crippen molar-refractivity contribution in [2.45, 2.75) is 38.5 Å². The van der Waals surface area contributed by atoms with Crippen LogP contribution in [0.5, 0.6) is 0 Å². The minimum absolute atomic E-state index is 0.117. The van der Waals surface area contributed by atoms with Gasteiger partial charge in [-0.05, 0) is 55.0 Å². The van der Waals surface area contributed by atoms with Gasteiger partial charge in [-0.15, -0.1) is 0 Å². The summed E-state index contributed by atoms with van der Waals surface area (Å²) in [6.45, 7) is 3.45.